The molecule has 2 aromatic carbocycles. The van der Waals surface area contributed by atoms with Gasteiger partial charge in [-0.1, -0.05) is 24.3 Å². The monoisotopic (exact) mass is 306 g/mol. The van der Waals surface area contributed by atoms with Crippen LogP contribution in [0.25, 0.3) is 22.0 Å². The molecule has 0 aliphatic carbocycles. The van der Waals surface area contributed by atoms with E-state index in [1.165, 1.54) is 0 Å². The van der Waals surface area contributed by atoms with E-state index in [4.69, 9.17) is 21.6 Å². The van der Waals surface area contributed by atoms with E-state index in [1.54, 1.807) is 0 Å². The van der Waals surface area contributed by atoms with E-state index < -0.39 is 0 Å². The Hall–Kier alpha value is -3.37. The number of para-hydroxylation sites is 1. The van der Waals surface area contributed by atoms with E-state index in [9.17, 15) is 0 Å². The van der Waals surface area contributed by atoms with E-state index in [2.05, 4.69) is 15.4 Å². The van der Waals surface area contributed by atoms with E-state index in [0.29, 0.717) is 17.1 Å². The molecule has 3 rings (SSSR count). The number of nitrogen functional groups attached to an aromatic ring is 2. The minimum absolute atomic E-state index is 0.0140. The molecule has 0 unspecified atom stereocenters. The fourth-order valence-electron chi connectivity index (χ4n) is 2.36. The van der Waals surface area contributed by atoms with E-state index in [-0.39, 0.29) is 12.6 Å². The quantitative estimate of drug-likeness (QED) is 0.498. The molecule has 0 aliphatic rings. The average molecular weight is 306 g/mol. The molecule has 0 aliphatic heterocycles. The third kappa shape index (κ3) is 2.84. The lowest BCUT2D eigenvalue weighted by molar-refractivity contribution is 0.369. The number of hydrogen-bond donors (Lipinski definition) is 3. The molecule has 114 valence electrons. The van der Waals surface area contributed by atoms with Crippen LogP contribution in [0.15, 0.2) is 42.5 Å². The highest BCUT2D eigenvalue weighted by Gasteiger charge is 2.10. The third-order valence-corrected chi connectivity index (χ3v) is 3.34. The van der Waals surface area contributed by atoms with Crippen molar-refractivity contribution in [2.75, 3.05) is 17.8 Å². The van der Waals surface area contributed by atoms with Gasteiger partial charge in [0.2, 0.25) is 5.95 Å². The normalized spacial score (nSPS) is 10.3. The molecule has 0 spiro atoms. The number of anilines is 2. The van der Waals surface area contributed by atoms with Gasteiger partial charge in [0.05, 0.1) is 5.52 Å². The zero-order chi connectivity index (χ0) is 16.2. The Morgan fingerprint density at radius 3 is 2.78 bits per heavy atom. The maximum Gasteiger partial charge on any atom is 0.222 e. The van der Waals surface area contributed by atoms with Gasteiger partial charge >= 0.3 is 0 Å². The lowest BCUT2D eigenvalue weighted by Gasteiger charge is -2.11. The molecular formula is C16H14N6O. The molecule has 0 bridgehead atoms. The van der Waals surface area contributed by atoms with Crippen LogP contribution in [0.2, 0.25) is 0 Å². The van der Waals surface area contributed by atoms with Crippen LogP contribution in [0.5, 0.6) is 5.75 Å². The summed E-state index contributed by atoms with van der Waals surface area (Å²) in [7, 11) is 0. The second kappa shape index (κ2) is 6.17. The summed E-state index contributed by atoms with van der Waals surface area (Å²) in [6, 6.07) is 15.1. The largest absolute Gasteiger partial charge is 0.478 e. The minimum Gasteiger partial charge on any atom is -0.478 e. The topological polar surface area (TPSA) is 123 Å². The highest BCUT2D eigenvalue weighted by molar-refractivity contribution is 5.93. The van der Waals surface area contributed by atoms with Crippen molar-refractivity contribution >= 4 is 22.7 Å². The van der Waals surface area contributed by atoms with Gasteiger partial charge in [-0.05, 0) is 23.8 Å². The lowest BCUT2D eigenvalue weighted by Crippen LogP contribution is -2.11. The van der Waals surface area contributed by atoms with Crippen LogP contribution in [0.3, 0.4) is 0 Å². The van der Waals surface area contributed by atoms with E-state index in [0.717, 1.165) is 16.5 Å². The summed E-state index contributed by atoms with van der Waals surface area (Å²) in [6.07, 6.45) is 0. The Bertz CT molecular complexity index is 903. The number of aromatic nitrogens is 2. The molecule has 0 saturated carbocycles. The second-order valence-corrected chi connectivity index (χ2v) is 4.75. The number of ether oxygens (including phenoxy) is 1. The first-order chi connectivity index (χ1) is 11.2. The fraction of sp³-hybridized carbons (Fsp3) is 0.0625. The first kappa shape index (κ1) is 14.6. The van der Waals surface area contributed by atoms with E-state index >= 15 is 0 Å². The number of hydrazine groups is 1. The van der Waals surface area contributed by atoms with Crippen molar-refractivity contribution in [3.8, 4) is 22.9 Å². The molecule has 0 radical (unpaired) electrons. The van der Waals surface area contributed by atoms with E-state index in [1.807, 2.05) is 48.5 Å². The molecule has 0 atom stereocenters. The first-order valence-electron chi connectivity index (χ1n) is 6.86. The SMILES string of the molecule is N#CCOc1ccccc1-c1ccc2nc(N)nc(NN)c2c1. The van der Waals surface area contributed by atoms with Crippen molar-refractivity contribution in [2.24, 2.45) is 5.84 Å². The number of nitrogens with two attached hydrogens (primary N) is 2. The lowest BCUT2D eigenvalue weighted by atomic mass is 10.0. The van der Waals surface area contributed by atoms with Crippen molar-refractivity contribution in [1.82, 2.24) is 9.97 Å². The number of rotatable bonds is 4. The number of hydrogen-bond acceptors (Lipinski definition) is 7. The predicted octanol–water partition coefficient (Wildman–Crippen LogP) is 2.07. The third-order valence-electron chi connectivity index (χ3n) is 3.34. The van der Waals surface area contributed by atoms with Crippen LogP contribution in [0.4, 0.5) is 11.8 Å². The maximum absolute atomic E-state index is 8.70. The summed E-state index contributed by atoms with van der Waals surface area (Å²) in [4.78, 5) is 8.27. The summed E-state index contributed by atoms with van der Waals surface area (Å²) in [5.74, 6) is 6.74. The average Bonchev–Trinajstić information content (AvgIpc) is 2.59. The Kier molecular flexibility index (Phi) is 3.91. The standard InChI is InChI=1S/C16H14N6O/c17-7-8-23-14-4-2-1-3-11(14)10-5-6-13-12(9-10)15(22-19)21-16(18)20-13/h1-6,9H,8,19H2,(H3,18,20,21,22). The first-order valence-corrected chi connectivity index (χ1v) is 6.86. The summed E-state index contributed by atoms with van der Waals surface area (Å²) >= 11 is 0. The number of fused-ring (bicyclic) bond motifs is 1. The van der Waals surface area contributed by atoms with Crippen LogP contribution in [0.1, 0.15) is 0 Å². The molecule has 0 amide bonds. The van der Waals surface area contributed by atoms with Crippen LogP contribution in [-0.2, 0) is 0 Å². The number of nitriles is 1. The Morgan fingerprint density at radius 1 is 1.17 bits per heavy atom. The Labute approximate surface area is 132 Å². The van der Waals surface area contributed by atoms with Crippen molar-refractivity contribution < 1.29 is 4.74 Å². The van der Waals surface area contributed by atoms with Gasteiger partial charge in [-0.15, -0.1) is 0 Å². The Balaban J connectivity index is 2.15. The molecule has 3 aromatic rings. The van der Waals surface area contributed by atoms with Crippen LogP contribution < -0.4 is 21.7 Å². The van der Waals surface area contributed by atoms with Gasteiger partial charge in [-0.2, -0.15) is 10.2 Å². The molecule has 7 heteroatoms. The molecule has 5 N–H and O–H groups in total. The maximum atomic E-state index is 8.70. The number of benzene rings is 2. The predicted molar refractivity (Wildman–Crippen MR) is 88.3 cm³/mol. The van der Waals surface area contributed by atoms with Crippen molar-refractivity contribution in [2.45, 2.75) is 0 Å². The highest BCUT2D eigenvalue weighted by Crippen LogP contribution is 2.33. The number of nitrogens with one attached hydrogen (secondary N) is 1. The molecule has 0 saturated heterocycles. The molecular weight excluding hydrogens is 292 g/mol. The van der Waals surface area contributed by atoms with Crippen LogP contribution in [-0.4, -0.2) is 16.6 Å². The summed E-state index contributed by atoms with van der Waals surface area (Å²) < 4.78 is 5.48. The molecule has 1 aromatic heterocycles. The molecule has 7 nitrogen and oxygen atoms in total. The second-order valence-electron chi connectivity index (χ2n) is 4.75. The smallest absolute Gasteiger partial charge is 0.222 e. The van der Waals surface area contributed by atoms with Crippen molar-refractivity contribution in [3.63, 3.8) is 0 Å². The van der Waals surface area contributed by atoms with Gasteiger partial charge in [-0.3, -0.25) is 0 Å². The summed E-state index contributed by atoms with van der Waals surface area (Å²) in [5.41, 5.74) is 10.6. The Morgan fingerprint density at radius 2 is 2.00 bits per heavy atom. The summed E-state index contributed by atoms with van der Waals surface area (Å²) in [5, 5.41) is 9.44. The molecule has 23 heavy (non-hydrogen) atoms. The molecule has 1 heterocycles. The number of nitrogens with zero attached hydrogens (tertiary/aromatic N) is 3. The fourth-order valence-corrected chi connectivity index (χ4v) is 2.36. The van der Waals surface area contributed by atoms with Crippen molar-refractivity contribution in [1.29, 1.82) is 5.26 Å². The van der Waals surface area contributed by atoms with Gasteiger partial charge in [0.25, 0.3) is 0 Å². The van der Waals surface area contributed by atoms with Gasteiger partial charge < -0.3 is 15.9 Å². The molecule has 0 fully saturated rings. The highest BCUT2D eigenvalue weighted by atomic mass is 16.5. The zero-order valence-electron chi connectivity index (χ0n) is 12.2. The van der Waals surface area contributed by atoms with Gasteiger partial charge in [0.15, 0.2) is 12.4 Å². The van der Waals surface area contributed by atoms with Crippen LogP contribution >= 0.6 is 0 Å². The minimum atomic E-state index is -0.0140. The zero-order valence-corrected chi connectivity index (χ0v) is 12.2. The van der Waals surface area contributed by atoms with Gasteiger partial charge in [-0.25, -0.2) is 10.8 Å². The van der Waals surface area contributed by atoms with Gasteiger partial charge in [0, 0.05) is 10.9 Å². The van der Waals surface area contributed by atoms with Gasteiger partial charge in [0.1, 0.15) is 11.8 Å². The summed E-state index contributed by atoms with van der Waals surface area (Å²) in [6.45, 7) is -0.0140. The van der Waals surface area contributed by atoms with Crippen molar-refractivity contribution in [3.05, 3.63) is 42.5 Å². The van der Waals surface area contributed by atoms with Crippen LogP contribution in [0, 0.1) is 11.3 Å².